The number of benzene rings is 1. The van der Waals surface area contributed by atoms with E-state index in [2.05, 4.69) is 9.88 Å². The van der Waals surface area contributed by atoms with Crippen molar-refractivity contribution in [1.29, 1.82) is 0 Å². The number of carbonyl (C=O) groups excluding carboxylic acids is 2. The van der Waals surface area contributed by atoms with Crippen molar-refractivity contribution in [3.63, 3.8) is 0 Å². The molecular weight excluding hydrogens is 453 g/mol. The highest BCUT2D eigenvalue weighted by atomic mass is 19.1. The van der Waals surface area contributed by atoms with Gasteiger partial charge in [-0.15, -0.1) is 0 Å². The highest BCUT2D eigenvalue weighted by Gasteiger charge is 2.32. The summed E-state index contributed by atoms with van der Waals surface area (Å²) >= 11 is 0. The Kier molecular flexibility index (Phi) is 6.27. The fourth-order valence-corrected chi connectivity index (χ4v) is 4.66. The Morgan fingerprint density at radius 1 is 1.11 bits per heavy atom. The maximum Gasteiger partial charge on any atom is 0.409 e. The Morgan fingerprint density at radius 2 is 1.83 bits per heavy atom. The zero-order valence-electron chi connectivity index (χ0n) is 19.9. The molecule has 9 nitrogen and oxygen atoms in total. The van der Waals surface area contributed by atoms with Crippen LogP contribution >= 0.6 is 0 Å². The van der Waals surface area contributed by atoms with E-state index in [1.807, 2.05) is 0 Å². The molecule has 2 aliphatic rings. The van der Waals surface area contributed by atoms with E-state index in [1.165, 1.54) is 19.2 Å². The summed E-state index contributed by atoms with van der Waals surface area (Å²) in [7, 11) is 1.32. The average molecular weight is 482 g/mol. The van der Waals surface area contributed by atoms with Crippen LogP contribution in [-0.4, -0.2) is 71.6 Å². The zero-order valence-corrected chi connectivity index (χ0v) is 19.9. The molecule has 0 spiro atoms. The molecule has 0 unspecified atom stereocenters. The molecule has 2 fully saturated rings. The summed E-state index contributed by atoms with van der Waals surface area (Å²) in [6.45, 7) is 4.27. The maximum atomic E-state index is 13.6. The van der Waals surface area contributed by atoms with Gasteiger partial charge in [-0.3, -0.25) is 0 Å². The van der Waals surface area contributed by atoms with Crippen LogP contribution in [0.3, 0.4) is 0 Å². The molecule has 1 saturated carbocycles. The first-order valence-electron chi connectivity index (χ1n) is 11.9. The Balaban J connectivity index is 1.63. The predicted molar refractivity (Wildman–Crippen MR) is 128 cm³/mol. The van der Waals surface area contributed by atoms with E-state index in [0.29, 0.717) is 50.0 Å². The lowest BCUT2D eigenvalue weighted by atomic mass is 9.82. The number of hydrogen-bond acceptors (Lipinski definition) is 7. The summed E-state index contributed by atoms with van der Waals surface area (Å²) < 4.78 is 25.4. The van der Waals surface area contributed by atoms with Crippen LogP contribution in [-0.2, 0) is 9.47 Å². The lowest BCUT2D eigenvalue weighted by Gasteiger charge is -2.36. The van der Waals surface area contributed by atoms with Crippen LogP contribution in [0, 0.1) is 5.82 Å². The Bertz CT molecular complexity index is 1250. The Labute approximate surface area is 202 Å². The molecule has 1 amide bonds. The molecular formula is C25H28FN5O4. The standard InChI is InChI=1S/C25H28FN5O4/c1-3-35-25(33)30-13-11-29(12-14-30)20-15-19(24(32)34-2)27-23-21(20)22(16-5-4-6-16)28-31(23)18-9-7-17(26)8-10-18/h7-10,15-16H,3-6,11-14H2,1-2H3. The van der Waals surface area contributed by atoms with Crippen LogP contribution in [0.25, 0.3) is 16.7 Å². The van der Waals surface area contributed by atoms with E-state index in [1.54, 1.807) is 34.7 Å². The molecule has 0 bridgehead atoms. The Hall–Kier alpha value is -3.69. The number of piperazine rings is 1. The van der Waals surface area contributed by atoms with E-state index in [4.69, 9.17) is 14.6 Å². The van der Waals surface area contributed by atoms with Crippen LogP contribution in [0.5, 0.6) is 0 Å². The second-order valence-electron chi connectivity index (χ2n) is 8.79. The number of hydrogen-bond donors (Lipinski definition) is 0. The molecule has 1 aromatic carbocycles. The summed E-state index contributed by atoms with van der Waals surface area (Å²) in [5.41, 5.74) is 3.14. The smallest absolute Gasteiger partial charge is 0.409 e. The van der Waals surface area contributed by atoms with Crippen LogP contribution in [0.4, 0.5) is 14.9 Å². The fourth-order valence-electron chi connectivity index (χ4n) is 4.66. The third kappa shape index (κ3) is 4.28. The van der Waals surface area contributed by atoms with Gasteiger partial charge in [-0.05, 0) is 50.1 Å². The lowest BCUT2D eigenvalue weighted by molar-refractivity contribution is 0.0594. The molecule has 0 N–H and O–H groups in total. The third-order valence-electron chi connectivity index (χ3n) is 6.75. The number of methoxy groups -OCH3 is 1. The molecule has 10 heteroatoms. The minimum absolute atomic E-state index is 0.172. The number of nitrogens with zero attached hydrogens (tertiary/aromatic N) is 5. The summed E-state index contributed by atoms with van der Waals surface area (Å²) in [6.07, 6.45) is 2.88. The molecule has 35 heavy (non-hydrogen) atoms. The van der Waals surface area contributed by atoms with Gasteiger partial charge in [-0.2, -0.15) is 5.10 Å². The number of esters is 1. The van der Waals surface area contributed by atoms with E-state index in [-0.39, 0.29) is 17.6 Å². The van der Waals surface area contributed by atoms with Gasteiger partial charge in [0.2, 0.25) is 0 Å². The molecule has 5 rings (SSSR count). The van der Waals surface area contributed by atoms with Crippen LogP contribution < -0.4 is 4.90 Å². The van der Waals surface area contributed by atoms with Crippen molar-refractivity contribution < 1.29 is 23.5 Å². The minimum atomic E-state index is -0.546. The number of ether oxygens (including phenoxy) is 2. The summed E-state index contributed by atoms with van der Waals surface area (Å²) in [6, 6.07) is 7.82. The minimum Gasteiger partial charge on any atom is -0.464 e. The number of pyridine rings is 1. The fraction of sp³-hybridized carbons (Fsp3) is 0.440. The number of amides is 1. The number of anilines is 1. The Morgan fingerprint density at radius 3 is 2.43 bits per heavy atom. The van der Waals surface area contributed by atoms with Crippen molar-refractivity contribution in [2.24, 2.45) is 0 Å². The van der Waals surface area contributed by atoms with Crippen LogP contribution in [0.15, 0.2) is 30.3 Å². The van der Waals surface area contributed by atoms with E-state index in [9.17, 15) is 14.0 Å². The zero-order chi connectivity index (χ0) is 24.5. The van der Waals surface area contributed by atoms with Crippen molar-refractivity contribution in [2.75, 3.05) is 44.8 Å². The summed E-state index contributed by atoms with van der Waals surface area (Å²) in [4.78, 5) is 33.2. The van der Waals surface area contributed by atoms with Crippen molar-refractivity contribution in [3.05, 3.63) is 47.5 Å². The number of carbonyl (C=O) groups is 2. The van der Waals surface area contributed by atoms with Crippen molar-refractivity contribution in [3.8, 4) is 5.69 Å². The quantitative estimate of drug-likeness (QED) is 0.511. The second kappa shape index (κ2) is 9.52. The molecule has 1 aliphatic heterocycles. The second-order valence-corrected chi connectivity index (χ2v) is 8.79. The van der Waals surface area contributed by atoms with Gasteiger partial charge in [0.05, 0.1) is 36.2 Å². The SMILES string of the molecule is CCOC(=O)N1CCN(c2cc(C(=O)OC)nc3c2c(C2CCC2)nn3-c2ccc(F)cc2)CC1. The highest BCUT2D eigenvalue weighted by Crippen LogP contribution is 2.42. The van der Waals surface area contributed by atoms with Crippen molar-refractivity contribution in [2.45, 2.75) is 32.1 Å². The third-order valence-corrected chi connectivity index (χ3v) is 6.75. The van der Waals surface area contributed by atoms with Gasteiger partial charge in [0, 0.05) is 32.1 Å². The molecule has 1 aliphatic carbocycles. The number of aromatic nitrogens is 3. The first kappa shape index (κ1) is 23.1. The molecule has 2 aromatic heterocycles. The first-order chi connectivity index (χ1) is 17.0. The normalized spacial score (nSPS) is 16.3. The summed E-state index contributed by atoms with van der Waals surface area (Å²) in [5.74, 6) is -0.590. The van der Waals surface area contributed by atoms with Gasteiger partial charge in [-0.25, -0.2) is 23.6 Å². The topological polar surface area (TPSA) is 89.8 Å². The largest absolute Gasteiger partial charge is 0.464 e. The predicted octanol–water partition coefficient (Wildman–Crippen LogP) is 3.89. The molecule has 0 radical (unpaired) electrons. The van der Waals surface area contributed by atoms with Gasteiger partial charge < -0.3 is 19.3 Å². The van der Waals surface area contributed by atoms with E-state index < -0.39 is 5.97 Å². The number of fused-ring (bicyclic) bond motifs is 1. The van der Waals surface area contributed by atoms with E-state index >= 15 is 0 Å². The molecule has 0 atom stereocenters. The lowest BCUT2D eigenvalue weighted by Crippen LogP contribution is -2.49. The van der Waals surface area contributed by atoms with Crippen molar-refractivity contribution in [1.82, 2.24) is 19.7 Å². The van der Waals surface area contributed by atoms with Crippen molar-refractivity contribution >= 4 is 28.8 Å². The van der Waals surface area contributed by atoms with Crippen LogP contribution in [0.2, 0.25) is 0 Å². The highest BCUT2D eigenvalue weighted by molar-refractivity contribution is 5.99. The molecule has 184 valence electrons. The van der Waals surface area contributed by atoms with E-state index in [0.717, 1.165) is 36.0 Å². The molecule has 3 aromatic rings. The van der Waals surface area contributed by atoms with Gasteiger partial charge in [-0.1, -0.05) is 6.42 Å². The summed E-state index contributed by atoms with van der Waals surface area (Å²) in [5, 5.41) is 5.81. The number of rotatable bonds is 5. The van der Waals surface area contributed by atoms with Crippen LogP contribution in [0.1, 0.15) is 48.3 Å². The maximum absolute atomic E-state index is 13.6. The molecule has 3 heterocycles. The first-order valence-corrected chi connectivity index (χ1v) is 11.9. The van der Waals surface area contributed by atoms with Gasteiger partial charge in [0.15, 0.2) is 11.3 Å². The monoisotopic (exact) mass is 481 g/mol. The molecule has 1 saturated heterocycles. The van der Waals surface area contributed by atoms with Gasteiger partial charge in [0.25, 0.3) is 0 Å². The van der Waals surface area contributed by atoms with Gasteiger partial charge in [0.1, 0.15) is 5.82 Å². The number of halogens is 1. The average Bonchev–Trinajstić information content (AvgIpc) is 3.21. The van der Waals surface area contributed by atoms with Gasteiger partial charge >= 0.3 is 12.1 Å².